The molecule has 1 aromatic heterocycles. The van der Waals surface area contributed by atoms with E-state index in [9.17, 15) is 14.4 Å². The van der Waals surface area contributed by atoms with Crippen molar-refractivity contribution >= 4 is 22.8 Å². The summed E-state index contributed by atoms with van der Waals surface area (Å²) in [6.07, 6.45) is 2.36. The van der Waals surface area contributed by atoms with Crippen LogP contribution in [0.1, 0.15) is 56.0 Å². The summed E-state index contributed by atoms with van der Waals surface area (Å²) in [5.74, 6) is -0.0325. The minimum absolute atomic E-state index is 0.124. The van der Waals surface area contributed by atoms with E-state index in [4.69, 9.17) is 4.74 Å². The number of likely N-dealkylation sites (tertiary alicyclic amines) is 1. The molecule has 32 heavy (non-hydrogen) atoms. The first-order valence-corrected chi connectivity index (χ1v) is 11.4. The van der Waals surface area contributed by atoms with Crippen LogP contribution in [0.3, 0.4) is 0 Å². The van der Waals surface area contributed by atoms with E-state index in [2.05, 4.69) is 10.2 Å². The van der Waals surface area contributed by atoms with Crippen molar-refractivity contribution in [3.05, 3.63) is 45.7 Å². The van der Waals surface area contributed by atoms with Crippen molar-refractivity contribution in [3.8, 4) is 0 Å². The predicted molar refractivity (Wildman–Crippen MR) is 126 cm³/mol. The van der Waals surface area contributed by atoms with Crippen LogP contribution in [0.25, 0.3) is 10.9 Å². The van der Waals surface area contributed by atoms with Gasteiger partial charge in [0.15, 0.2) is 0 Å². The lowest BCUT2D eigenvalue weighted by atomic mass is 9.93. The smallest absolute Gasteiger partial charge is 0.306 e. The number of aryl methyl sites for hydroxylation is 1. The number of piperidine rings is 1. The van der Waals surface area contributed by atoms with Gasteiger partial charge in [0.2, 0.25) is 0 Å². The number of carbonyl (C=O) groups excluding carboxylic acids is 2. The van der Waals surface area contributed by atoms with E-state index in [1.165, 1.54) is 6.07 Å². The van der Waals surface area contributed by atoms with Gasteiger partial charge in [0, 0.05) is 38.0 Å². The highest BCUT2D eigenvalue weighted by atomic mass is 16.6. The third-order valence-electron chi connectivity index (χ3n) is 5.96. The Balaban J connectivity index is 1.66. The maximum Gasteiger partial charge on any atom is 0.306 e. The van der Waals surface area contributed by atoms with Crippen LogP contribution in [-0.2, 0) is 16.1 Å². The Hall–Kier alpha value is -2.67. The minimum Gasteiger partial charge on any atom is -0.460 e. The number of fused-ring (bicyclic) bond motifs is 1. The molecule has 3 rings (SSSR count). The van der Waals surface area contributed by atoms with Gasteiger partial charge in [-0.2, -0.15) is 0 Å². The molecule has 0 unspecified atom stereocenters. The summed E-state index contributed by atoms with van der Waals surface area (Å²) >= 11 is 0. The summed E-state index contributed by atoms with van der Waals surface area (Å²) in [6.45, 7) is 10.8. The van der Waals surface area contributed by atoms with Gasteiger partial charge in [0.05, 0.1) is 11.1 Å². The van der Waals surface area contributed by atoms with Gasteiger partial charge in [-0.15, -0.1) is 0 Å². The molecule has 1 aliphatic heterocycles. The highest BCUT2D eigenvalue weighted by Gasteiger charge is 2.24. The molecular formula is C25H35N3O4. The number of esters is 1. The molecule has 1 saturated heterocycles. The number of aromatic nitrogens is 1. The summed E-state index contributed by atoms with van der Waals surface area (Å²) < 4.78 is 7.22. The zero-order valence-electron chi connectivity index (χ0n) is 19.9. The van der Waals surface area contributed by atoms with Crippen molar-refractivity contribution in [2.75, 3.05) is 26.7 Å². The fourth-order valence-electron chi connectivity index (χ4n) is 4.32. The summed E-state index contributed by atoms with van der Waals surface area (Å²) in [7, 11) is 1.57. The van der Waals surface area contributed by atoms with Gasteiger partial charge in [0.25, 0.3) is 11.5 Å². The number of amides is 1. The largest absolute Gasteiger partial charge is 0.460 e. The Morgan fingerprint density at radius 1 is 1.12 bits per heavy atom. The van der Waals surface area contributed by atoms with Crippen LogP contribution in [0.2, 0.25) is 0 Å². The number of nitrogens with one attached hydrogen (secondary N) is 1. The number of pyridine rings is 1. The number of rotatable bonds is 6. The SMILES string of the molecule is CNC(=O)c1cc(=O)n(CCN2CCC(CC(=O)OC(C)(C)C)CC2)c2cc(C)ccc12. The molecule has 2 aromatic rings. The molecule has 0 bridgehead atoms. The van der Waals surface area contributed by atoms with E-state index in [0.29, 0.717) is 24.4 Å². The fraction of sp³-hybridized carbons (Fsp3) is 0.560. The third kappa shape index (κ3) is 5.97. The van der Waals surface area contributed by atoms with Gasteiger partial charge in [-0.1, -0.05) is 12.1 Å². The monoisotopic (exact) mass is 441 g/mol. The van der Waals surface area contributed by atoms with E-state index in [0.717, 1.165) is 48.9 Å². The Bertz CT molecular complexity index is 1040. The summed E-state index contributed by atoms with van der Waals surface area (Å²) in [5, 5.41) is 3.40. The van der Waals surface area contributed by atoms with Gasteiger partial charge in [-0.3, -0.25) is 14.4 Å². The van der Waals surface area contributed by atoms with Crippen LogP contribution >= 0.6 is 0 Å². The van der Waals surface area contributed by atoms with Crippen LogP contribution in [0.15, 0.2) is 29.1 Å². The second-order valence-corrected chi connectivity index (χ2v) is 9.72. The van der Waals surface area contributed by atoms with Gasteiger partial charge in [-0.05, 0) is 71.2 Å². The van der Waals surface area contributed by atoms with E-state index < -0.39 is 5.60 Å². The Labute approximate surface area is 189 Å². The molecular weight excluding hydrogens is 406 g/mol. The summed E-state index contributed by atoms with van der Waals surface area (Å²) in [6, 6.07) is 7.27. The molecule has 0 radical (unpaired) electrons. The average Bonchev–Trinajstić information content (AvgIpc) is 2.71. The number of hydrogen-bond donors (Lipinski definition) is 1. The topological polar surface area (TPSA) is 80.6 Å². The van der Waals surface area contributed by atoms with Gasteiger partial charge in [-0.25, -0.2) is 0 Å². The maximum atomic E-state index is 12.9. The highest BCUT2D eigenvalue weighted by Crippen LogP contribution is 2.23. The quantitative estimate of drug-likeness (QED) is 0.697. The summed E-state index contributed by atoms with van der Waals surface area (Å²) in [4.78, 5) is 39.6. The van der Waals surface area contributed by atoms with Crippen LogP contribution in [0.5, 0.6) is 0 Å². The minimum atomic E-state index is -0.445. The van der Waals surface area contributed by atoms with Gasteiger partial charge < -0.3 is 19.5 Å². The first-order valence-electron chi connectivity index (χ1n) is 11.4. The van der Waals surface area contributed by atoms with Crippen LogP contribution in [0.4, 0.5) is 0 Å². The molecule has 7 heteroatoms. The number of benzene rings is 1. The molecule has 2 heterocycles. The Kier molecular flexibility index (Phi) is 7.39. The second-order valence-electron chi connectivity index (χ2n) is 9.72. The molecule has 1 fully saturated rings. The normalized spacial score (nSPS) is 15.7. The van der Waals surface area contributed by atoms with Crippen molar-refractivity contribution in [1.29, 1.82) is 0 Å². The molecule has 1 amide bonds. The predicted octanol–water partition coefficient (Wildman–Crippen LogP) is 3.11. The number of ether oxygens (including phenoxy) is 1. The van der Waals surface area contributed by atoms with Crippen molar-refractivity contribution in [1.82, 2.24) is 14.8 Å². The number of nitrogens with zero attached hydrogens (tertiary/aromatic N) is 2. The van der Waals surface area contributed by atoms with Gasteiger partial charge >= 0.3 is 5.97 Å². The second kappa shape index (κ2) is 9.86. The third-order valence-corrected chi connectivity index (χ3v) is 5.96. The molecule has 0 spiro atoms. The van der Waals surface area contributed by atoms with E-state index in [1.807, 2.05) is 45.9 Å². The fourth-order valence-corrected chi connectivity index (χ4v) is 4.32. The first kappa shape index (κ1) is 24.0. The maximum absolute atomic E-state index is 12.9. The van der Waals surface area contributed by atoms with Crippen LogP contribution < -0.4 is 10.9 Å². The van der Waals surface area contributed by atoms with Crippen LogP contribution in [-0.4, -0.2) is 53.6 Å². The van der Waals surface area contributed by atoms with Crippen molar-refractivity contribution in [2.45, 2.75) is 59.1 Å². The lowest BCUT2D eigenvalue weighted by molar-refractivity contribution is -0.156. The molecule has 1 N–H and O–H groups in total. The van der Waals surface area contributed by atoms with Crippen molar-refractivity contribution < 1.29 is 14.3 Å². The standard InChI is InChI=1S/C25H35N3O4/c1-17-6-7-19-20(24(31)26-5)16-22(29)28(21(19)14-17)13-12-27-10-8-18(9-11-27)15-23(30)32-25(2,3)4/h6-7,14,16,18H,8-13,15H2,1-5H3,(H,26,31). The molecule has 0 atom stereocenters. The van der Waals surface area contributed by atoms with Crippen molar-refractivity contribution in [3.63, 3.8) is 0 Å². The highest BCUT2D eigenvalue weighted by molar-refractivity contribution is 6.06. The van der Waals surface area contributed by atoms with E-state index in [-0.39, 0.29) is 17.4 Å². The zero-order valence-corrected chi connectivity index (χ0v) is 19.9. The van der Waals surface area contributed by atoms with E-state index >= 15 is 0 Å². The van der Waals surface area contributed by atoms with Gasteiger partial charge in [0.1, 0.15) is 5.60 Å². The van der Waals surface area contributed by atoms with Crippen molar-refractivity contribution in [2.24, 2.45) is 5.92 Å². The lowest BCUT2D eigenvalue weighted by Gasteiger charge is -2.32. The van der Waals surface area contributed by atoms with Crippen LogP contribution in [0, 0.1) is 12.8 Å². The zero-order chi connectivity index (χ0) is 23.5. The first-order chi connectivity index (χ1) is 15.1. The Morgan fingerprint density at radius 3 is 2.44 bits per heavy atom. The molecule has 1 aliphatic rings. The van der Waals surface area contributed by atoms with E-state index in [1.54, 1.807) is 11.6 Å². The number of hydrogen-bond acceptors (Lipinski definition) is 5. The molecule has 7 nitrogen and oxygen atoms in total. The Morgan fingerprint density at radius 2 is 1.81 bits per heavy atom. The number of carbonyl (C=O) groups is 2. The average molecular weight is 442 g/mol. The molecule has 1 aromatic carbocycles. The molecule has 0 saturated carbocycles. The molecule has 0 aliphatic carbocycles. The molecule has 174 valence electrons. The summed E-state index contributed by atoms with van der Waals surface area (Å²) in [5.41, 5.74) is 1.63. The lowest BCUT2D eigenvalue weighted by Crippen LogP contribution is -2.38.